The minimum atomic E-state index is -1.17. The van der Waals surface area contributed by atoms with Gasteiger partial charge in [0.15, 0.2) is 18.1 Å². The van der Waals surface area contributed by atoms with E-state index < -0.39 is 30.4 Å². The fourth-order valence-electron chi connectivity index (χ4n) is 3.23. The highest BCUT2D eigenvalue weighted by molar-refractivity contribution is 6.46. The molecule has 3 rings (SSSR count). The molecule has 0 aliphatic carbocycles. The minimum Gasteiger partial charge on any atom is -0.493 e. The van der Waals surface area contributed by atoms with Crippen molar-refractivity contribution in [3.63, 3.8) is 0 Å². The number of nitrogens with one attached hydrogen (secondary N) is 1. The Morgan fingerprint density at radius 1 is 1.24 bits per heavy atom. The first-order valence-corrected chi connectivity index (χ1v) is 10.4. The second-order valence-corrected chi connectivity index (χ2v) is 7.70. The maximum Gasteiger partial charge on any atom is 0.341 e. The van der Waals surface area contributed by atoms with Gasteiger partial charge in [0.05, 0.1) is 22.8 Å². The fourth-order valence-corrected chi connectivity index (χ4v) is 3.61. The molecule has 1 fully saturated rings. The van der Waals surface area contributed by atoms with E-state index in [0.717, 1.165) is 0 Å². The summed E-state index contributed by atoms with van der Waals surface area (Å²) in [6.45, 7) is 3.07. The zero-order valence-electron chi connectivity index (χ0n) is 17.8. The Kier molecular flexibility index (Phi) is 7.60. The number of ether oxygens (including phenoxy) is 2. The number of amides is 4. The van der Waals surface area contributed by atoms with Gasteiger partial charge in [0.25, 0.3) is 11.8 Å². The van der Waals surface area contributed by atoms with Crippen molar-refractivity contribution in [2.75, 3.05) is 18.6 Å². The van der Waals surface area contributed by atoms with Crippen LogP contribution in [-0.2, 0) is 20.8 Å². The summed E-state index contributed by atoms with van der Waals surface area (Å²) < 4.78 is 10.7. The molecule has 176 valence electrons. The summed E-state index contributed by atoms with van der Waals surface area (Å²) in [6.07, 6.45) is 3.12. The summed E-state index contributed by atoms with van der Waals surface area (Å²) in [4.78, 5) is 49.8. The number of nitrogens with zero attached hydrogens (tertiary/aromatic N) is 1. The van der Waals surface area contributed by atoms with Crippen LogP contribution in [0.2, 0.25) is 10.0 Å². The summed E-state index contributed by atoms with van der Waals surface area (Å²) >= 11 is 12.2. The highest BCUT2D eigenvalue weighted by Gasteiger charge is 2.38. The molecule has 0 spiro atoms. The lowest BCUT2D eigenvalue weighted by Crippen LogP contribution is -2.54. The molecule has 0 saturated carbocycles. The van der Waals surface area contributed by atoms with E-state index in [1.54, 1.807) is 12.1 Å². The third-order valence-corrected chi connectivity index (χ3v) is 5.47. The zero-order chi connectivity index (χ0) is 25.0. The molecule has 2 aromatic carbocycles. The predicted octanol–water partition coefficient (Wildman–Crippen LogP) is 3.86. The maximum absolute atomic E-state index is 13.2. The van der Waals surface area contributed by atoms with Crippen LogP contribution >= 0.6 is 23.2 Å². The number of allylic oxidation sites excluding steroid dienone is 1. The van der Waals surface area contributed by atoms with Gasteiger partial charge in [0, 0.05) is 5.56 Å². The maximum atomic E-state index is 13.2. The highest BCUT2D eigenvalue weighted by atomic mass is 35.5. The molecule has 2 aromatic rings. The number of hydrogen-bond donors (Lipinski definition) is 2. The van der Waals surface area contributed by atoms with Crippen LogP contribution in [0.5, 0.6) is 11.5 Å². The molecule has 0 atom stereocenters. The van der Waals surface area contributed by atoms with Crippen molar-refractivity contribution < 1.29 is 33.8 Å². The molecule has 9 nitrogen and oxygen atoms in total. The molecule has 1 aliphatic rings. The van der Waals surface area contributed by atoms with Crippen molar-refractivity contribution in [3.8, 4) is 11.5 Å². The zero-order valence-corrected chi connectivity index (χ0v) is 19.3. The molecule has 0 bridgehead atoms. The van der Waals surface area contributed by atoms with Gasteiger partial charge in [-0.05, 0) is 42.3 Å². The fraction of sp³-hybridized carbons (Fsp3) is 0.130. The van der Waals surface area contributed by atoms with Crippen LogP contribution < -0.4 is 19.7 Å². The predicted molar refractivity (Wildman–Crippen MR) is 125 cm³/mol. The van der Waals surface area contributed by atoms with Crippen molar-refractivity contribution in [1.29, 1.82) is 0 Å². The third kappa shape index (κ3) is 5.05. The number of carboxylic acids is 1. The van der Waals surface area contributed by atoms with Gasteiger partial charge in [-0.1, -0.05) is 35.3 Å². The number of anilines is 1. The first kappa shape index (κ1) is 24.8. The molecule has 1 saturated heterocycles. The number of aliphatic carboxylic acids is 1. The van der Waals surface area contributed by atoms with E-state index in [4.69, 9.17) is 37.8 Å². The van der Waals surface area contributed by atoms with Gasteiger partial charge in [0.2, 0.25) is 0 Å². The monoisotopic (exact) mass is 504 g/mol. The molecule has 0 aromatic heterocycles. The molecule has 4 amide bonds. The number of rotatable bonds is 8. The first-order chi connectivity index (χ1) is 16.2. The summed E-state index contributed by atoms with van der Waals surface area (Å²) in [5, 5.41) is 11.1. The topological polar surface area (TPSA) is 122 Å². The lowest BCUT2D eigenvalue weighted by molar-refractivity contribution is -0.139. The molecule has 11 heteroatoms. The summed E-state index contributed by atoms with van der Waals surface area (Å²) in [6, 6.07) is 6.49. The Morgan fingerprint density at radius 3 is 2.62 bits per heavy atom. The van der Waals surface area contributed by atoms with Gasteiger partial charge in [0.1, 0.15) is 5.57 Å². The highest BCUT2D eigenvalue weighted by Crippen LogP contribution is 2.36. The molecule has 0 unspecified atom stereocenters. The van der Waals surface area contributed by atoms with E-state index in [0.29, 0.717) is 16.0 Å². The van der Waals surface area contributed by atoms with E-state index in [9.17, 15) is 19.2 Å². The SMILES string of the molecule is C=CCc1cc(/C=C2\C(=O)NC(=O)N(c3cccc(Cl)c3Cl)C2=O)cc(OC)c1OCC(=O)O. The number of methoxy groups -OCH3 is 1. The summed E-state index contributed by atoms with van der Waals surface area (Å²) in [5.41, 5.74) is 0.539. The number of carbonyl (C=O) groups is 4. The average molecular weight is 505 g/mol. The Bertz CT molecular complexity index is 1240. The van der Waals surface area contributed by atoms with Crippen molar-refractivity contribution >= 4 is 58.8 Å². The minimum absolute atomic E-state index is 0.0115. The Balaban J connectivity index is 2.08. The van der Waals surface area contributed by atoms with Gasteiger partial charge in [-0.2, -0.15) is 0 Å². The largest absolute Gasteiger partial charge is 0.493 e. The number of carboxylic acid groups (broad SMARTS) is 1. The van der Waals surface area contributed by atoms with Crippen LogP contribution in [0.3, 0.4) is 0 Å². The molecule has 0 radical (unpaired) electrons. The van der Waals surface area contributed by atoms with Crippen molar-refractivity contribution in [3.05, 3.63) is 69.7 Å². The number of urea groups is 1. The van der Waals surface area contributed by atoms with Gasteiger partial charge < -0.3 is 14.6 Å². The molecule has 2 N–H and O–H groups in total. The van der Waals surface area contributed by atoms with E-state index in [1.807, 2.05) is 0 Å². The van der Waals surface area contributed by atoms with Crippen LogP contribution in [0.25, 0.3) is 6.08 Å². The van der Waals surface area contributed by atoms with E-state index in [1.165, 1.54) is 37.5 Å². The number of hydrogen-bond acceptors (Lipinski definition) is 6. The van der Waals surface area contributed by atoms with Crippen LogP contribution in [-0.4, -0.2) is 42.6 Å². The molecular formula is C23H18Cl2N2O7. The number of imide groups is 2. The van der Waals surface area contributed by atoms with E-state index in [-0.39, 0.29) is 39.2 Å². The van der Waals surface area contributed by atoms with Crippen LogP contribution in [0, 0.1) is 0 Å². The van der Waals surface area contributed by atoms with Gasteiger partial charge in [-0.3, -0.25) is 14.9 Å². The van der Waals surface area contributed by atoms with Crippen LogP contribution in [0.4, 0.5) is 10.5 Å². The Hall–Kier alpha value is -3.82. The smallest absolute Gasteiger partial charge is 0.341 e. The van der Waals surface area contributed by atoms with Gasteiger partial charge >= 0.3 is 12.0 Å². The second-order valence-electron chi connectivity index (χ2n) is 6.92. The Labute approximate surface area is 204 Å². The number of barbiturate groups is 1. The molecule has 1 heterocycles. The quantitative estimate of drug-likeness (QED) is 0.317. The van der Waals surface area contributed by atoms with E-state index in [2.05, 4.69) is 11.9 Å². The summed E-state index contributed by atoms with van der Waals surface area (Å²) in [5.74, 6) is -2.62. The van der Waals surface area contributed by atoms with Gasteiger partial charge in [-0.25, -0.2) is 14.5 Å². The number of benzene rings is 2. The molecule has 1 aliphatic heterocycles. The van der Waals surface area contributed by atoms with Crippen molar-refractivity contribution in [2.24, 2.45) is 0 Å². The van der Waals surface area contributed by atoms with Crippen LogP contribution in [0.1, 0.15) is 11.1 Å². The second kappa shape index (κ2) is 10.4. The number of carbonyl (C=O) groups excluding carboxylic acids is 3. The first-order valence-electron chi connectivity index (χ1n) is 9.69. The molecular weight excluding hydrogens is 487 g/mol. The van der Waals surface area contributed by atoms with Crippen LogP contribution in [0.15, 0.2) is 48.6 Å². The third-order valence-electron chi connectivity index (χ3n) is 4.66. The lowest BCUT2D eigenvalue weighted by Gasteiger charge is -2.27. The molecule has 34 heavy (non-hydrogen) atoms. The van der Waals surface area contributed by atoms with Crippen molar-refractivity contribution in [2.45, 2.75) is 6.42 Å². The lowest BCUT2D eigenvalue weighted by atomic mass is 10.0. The van der Waals surface area contributed by atoms with Gasteiger partial charge in [-0.15, -0.1) is 6.58 Å². The Morgan fingerprint density at radius 2 is 1.97 bits per heavy atom. The standard InChI is InChI=1S/C23H18Cl2N2O7/c1-3-5-13-8-12(10-17(33-2)20(13)34-11-18(28)29)9-14-21(30)26-23(32)27(22(14)31)16-7-4-6-15(24)19(16)25/h3-4,6-10H,1,5,11H2,2H3,(H,28,29)(H,26,30,32)/b14-9+. The number of halogens is 2. The van der Waals surface area contributed by atoms with E-state index >= 15 is 0 Å². The normalized spacial score (nSPS) is 14.7. The average Bonchev–Trinajstić information content (AvgIpc) is 2.78. The summed E-state index contributed by atoms with van der Waals surface area (Å²) in [7, 11) is 1.36. The van der Waals surface area contributed by atoms with Crippen molar-refractivity contribution in [1.82, 2.24) is 5.32 Å².